The number of rotatable bonds is 4. The first-order valence-electron chi connectivity index (χ1n) is 9.43. The molecule has 0 saturated carbocycles. The summed E-state index contributed by atoms with van der Waals surface area (Å²) in [6.45, 7) is 0. The molecule has 2 heterocycles. The lowest BCUT2D eigenvalue weighted by atomic mass is 9.77. The van der Waals surface area contributed by atoms with E-state index in [9.17, 15) is 27.9 Å². The molecule has 3 aromatic rings. The zero-order valence-electron chi connectivity index (χ0n) is 16.2. The Hall–Kier alpha value is -3.30. The summed E-state index contributed by atoms with van der Waals surface area (Å²) in [6, 6.07) is 14.0. The van der Waals surface area contributed by atoms with Crippen LogP contribution in [0, 0.1) is 5.92 Å². The fraction of sp³-hybridized carbons (Fsp3) is 0.182. The molecule has 10 heteroatoms. The predicted octanol–water partition coefficient (Wildman–Crippen LogP) is 4.55. The van der Waals surface area contributed by atoms with Crippen LogP contribution >= 0.6 is 11.6 Å². The van der Waals surface area contributed by atoms with Gasteiger partial charge in [-0.15, -0.1) is 0 Å². The van der Waals surface area contributed by atoms with Crippen LogP contribution < -0.4 is 10.6 Å². The van der Waals surface area contributed by atoms with Crippen molar-refractivity contribution in [1.29, 1.82) is 0 Å². The van der Waals surface area contributed by atoms with Crippen molar-refractivity contribution in [2.24, 2.45) is 5.92 Å². The second-order valence-corrected chi connectivity index (χ2v) is 7.70. The summed E-state index contributed by atoms with van der Waals surface area (Å²) in [5, 5.41) is 16.0. The zero-order chi connectivity index (χ0) is 23.1. The molecule has 0 spiro atoms. The lowest BCUT2D eigenvalue weighted by Gasteiger charge is -2.44. The number of carbonyl (C=O) groups excluding carboxylic acids is 2. The molecule has 3 N–H and O–H groups in total. The van der Waals surface area contributed by atoms with Crippen molar-refractivity contribution in [1.82, 2.24) is 10.6 Å². The Kier molecular flexibility index (Phi) is 5.47. The molecule has 166 valence electrons. The highest BCUT2D eigenvalue weighted by atomic mass is 35.5. The topological polar surface area (TPSA) is 91.6 Å². The van der Waals surface area contributed by atoms with Gasteiger partial charge in [0.05, 0.1) is 0 Å². The number of benzene rings is 2. The number of Topliss-reactive ketones (excluding diaryl/α,β-unsaturated/α-hetero) is 1. The Labute approximate surface area is 185 Å². The molecule has 2 aromatic carbocycles. The van der Waals surface area contributed by atoms with Gasteiger partial charge < -0.3 is 20.2 Å². The minimum absolute atomic E-state index is 0.0796. The number of furan rings is 1. The van der Waals surface area contributed by atoms with Crippen molar-refractivity contribution < 1.29 is 32.3 Å². The number of hydrogen-bond donors (Lipinski definition) is 3. The van der Waals surface area contributed by atoms with E-state index < -0.39 is 35.7 Å². The van der Waals surface area contributed by atoms with E-state index in [-0.39, 0.29) is 17.1 Å². The molecule has 0 bridgehead atoms. The molecule has 1 aliphatic heterocycles. The van der Waals surface area contributed by atoms with Crippen molar-refractivity contribution in [3.63, 3.8) is 0 Å². The quantitative estimate of drug-likeness (QED) is 0.528. The van der Waals surface area contributed by atoms with Crippen LogP contribution in [0.2, 0.25) is 5.02 Å². The molecule has 1 aliphatic rings. The molecule has 0 radical (unpaired) electrons. The fourth-order valence-corrected chi connectivity index (χ4v) is 3.96. The maximum absolute atomic E-state index is 13.5. The highest BCUT2D eigenvalue weighted by Gasteiger charge is 2.60. The van der Waals surface area contributed by atoms with Crippen LogP contribution in [-0.4, -0.2) is 23.1 Å². The average Bonchev–Trinajstić information content (AvgIpc) is 3.23. The Balaban J connectivity index is 1.82. The van der Waals surface area contributed by atoms with E-state index in [1.54, 1.807) is 30.3 Å². The van der Waals surface area contributed by atoms with Crippen LogP contribution in [0.15, 0.2) is 71.1 Å². The first-order chi connectivity index (χ1) is 15.1. The molecular formula is C22H16ClF3N2O4. The van der Waals surface area contributed by atoms with Gasteiger partial charge in [0, 0.05) is 16.1 Å². The summed E-state index contributed by atoms with van der Waals surface area (Å²) in [5.41, 5.74) is -2.17. The standard InChI is InChI=1S/C22H16ClF3N2O4/c23-14-8-4-5-12(11-14)15-9-10-16(32-15)18-17(19(29)22(24,25)26)21(31,28-20(30)27-18)13-6-2-1-3-7-13/h1-11,17-18,31H,(H2,27,28,30)/t17-,18+,21+/m0/s1. The van der Waals surface area contributed by atoms with Crippen LogP contribution in [0.5, 0.6) is 0 Å². The second kappa shape index (κ2) is 7.99. The van der Waals surface area contributed by atoms with Gasteiger partial charge in [0.1, 0.15) is 23.5 Å². The largest absolute Gasteiger partial charge is 0.459 e. The van der Waals surface area contributed by atoms with Gasteiger partial charge in [-0.25, -0.2) is 4.79 Å². The van der Waals surface area contributed by atoms with Crippen LogP contribution in [-0.2, 0) is 10.5 Å². The monoisotopic (exact) mass is 464 g/mol. The molecule has 1 fully saturated rings. The third-order valence-electron chi connectivity index (χ3n) is 5.19. The molecular weight excluding hydrogens is 449 g/mol. The molecule has 0 unspecified atom stereocenters. The maximum Gasteiger partial charge on any atom is 0.450 e. The van der Waals surface area contributed by atoms with Gasteiger partial charge in [-0.05, 0) is 24.3 Å². The lowest BCUT2D eigenvalue weighted by molar-refractivity contribution is -0.190. The molecule has 6 nitrogen and oxygen atoms in total. The number of ketones is 1. The van der Waals surface area contributed by atoms with Gasteiger partial charge in [-0.3, -0.25) is 4.79 Å². The first-order valence-corrected chi connectivity index (χ1v) is 9.80. The van der Waals surface area contributed by atoms with Crippen LogP contribution in [0.3, 0.4) is 0 Å². The number of halogens is 4. The lowest BCUT2D eigenvalue weighted by Crippen LogP contribution is -2.66. The van der Waals surface area contributed by atoms with E-state index in [0.29, 0.717) is 10.6 Å². The minimum Gasteiger partial charge on any atom is -0.459 e. The van der Waals surface area contributed by atoms with Crippen molar-refractivity contribution >= 4 is 23.4 Å². The molecule has 2 amide bonds. The maximum atomic E-state index is 13.5. The average molecular weight is 465 g/mol. The van der Waals surface area contributed by atoms with Crippen molar-refractivity contribution in [3.05, 3.63) is 83.1 Å². The zero-order valence-corrected chi connectivity index (χ0v) is 16.9. The summed E-state index contributed by atoms with van der Waals surface area (Å²) in [4.78, 5) is 24.8. The van der Waals surface area contributed by atoms with E-state index in [1.807, 2.05) is 0 Å². The van der Waals surface area contributed by atoms with Gasteiger partial charge in [0.25, 0.3) is 0 Å². The highest BCUT2D eigenvalue weighted by molar-refractivity contribution is 6.30. The van der Waals surface area contributed by atoms with Crippen molar-refractivity contribution in [2.45, 2.75) is 17.9 Å². The van der Waals surface area contributed by atoms with E-state index in [0.717, 1.165) is 0 Å². The molecule has 1 saturated heterocycles. The van der Waals surface area contributed by atoms with Gasteiger partial charge >= 0.3 is 12.2 Å². The normalized spacial score (nSPS) is 23.3. The Bertz CT molecular complexity index is 1170. The van der Waals surface area contributed by atoms with Gasteiger partial charge in [-0.2, -0.15) is 13.2 Å². The highest BCUT2D eigenvalue weighted by Crippen LogP contribution is 2.43. The number of hydrogen-bond acceptors (Lipinski definition) is 4. The van der Waals surface area contributed by atoms with Crippen LogP contribution in [0.4, 0.5) is 18.0 Å². The molecule has 3 atom stereocenters. The summed E-state index contributed by atoms with van der Waals surface area (Å²) < 4.78 is 46.3. The SMILES string of the molecule is O=C1N[C@H](c2ccc(-c3cccc(Cl)c3)o2)[C@@H](C(=O)C(F)(F)F)[C@](O)(c2ccccc2)N1. The van der Waals surface area contributed by atoms with Gasteiger partial charge in [-0.1, -0.05) is 54.1 Å². The van der Waals surface area contributed by atoms with Gasteiger partial charge in [0.2, 0.25) is 5.78 Å². The summed E-state index contributed by atoms with van der Waals surface area (Å²) in [6.07, 6.45) is -5.28. The smallest absolute Gasteiger partial charge is 0.450 e. The molecule has 4 rings (SSSR count). The van der Waals surface area contributed by atoms with Crippen LogP contribution in [0.25, 0.3) is 11.3 Å². The minimum atomic E-state index is -5.28. The second-order valence-electron chi connectivity index (χ2n) is 7.26. The van der Waals surface area contributed by atoms with Crippen molar-refractivity contribution in [3.8, 4) is 11.3 Å². The Morgan fingerprint density at radius 2 is 1.78 bits per heavy atom. The number of urea groups is 1. The number of alkyl halides is 3. The van der Waals surface area contributed by atoms with Crippen LogP contribution in [0.1, 0.15) is 17.4 Å². The number of carbonyl (C=O) groups is 2. The third kappa shape index (κ3) is 3.96. The molecule has 0 aliphatic carbocycles. The van der Waals surface area contributed by atoms with Gasteiger partial charge in [0.15, 0.2) is 5.72 Å². The van der Waals surface area contributed by atoms with E-state index in [4.69, 9.17) is 16.0 Å². The summed E-state index contributed by atoms with van der Waals surface area (Å²) >= 11 is 5.98. The number of aliphatic hydroxyl groups is 1. The summed E-state index contributed by atoms with van der Waals surface area (Å²) in [7, 11) is 0. The first kappa shape index (κ1) is 21.9. The summed E-state index contributed by atoms with van der Waals surface area (Å²) in [5.74, 6) is -4.26. The van der Waals surface area contributed by atoms with Crippen molar-refractivity contribution in [2.75, 3.05) is 0 Å². The number of amides is 2. The molecule has 1 aromatic heterocycles. The van der Waals surface area contributed by atoms with E-state index >= 15 is 0 Å². The number of nitrogens with one attached hydrogen (secondary N) is 2. The Morgan fingerprint density at radius 1 is 1.06 bits per heavy atom. The van der Waals surface area contributed by atoms with E-state index in [2.05, 4.69) is 10.6 Å². The third-order valence-corrected chi connectivity index (χ3v) is 5.43. The fourth-order valence-electron chi connectivity index (χ4n) is 3.77. The Morgan fingerprint density at radius 3 is 2.44 bits per heavy atom. The predicted molar refractivity (Wildman–Crippen MR) is 108 cm³/mol. The molecule has 32 heavy (non-hydrogen) atoms. The van der Waals surface area contributed by atoms with E-state index in [1.165, 1.54) is 36.4 Å².